The van der Waals surface area contributed by atoms with Crippen molar-refractivity contribution >= 4 is 15.9 Å². The van der Waals surface area contributed by atoms with Gasteiger partial charge in [0.1, 0.15) is 5.82 Å². The van der Waals surface area contributed by atoms with Gasteiger partial charge >= 0.3 is 0 Å². The van der Waals surface area contributed by atoms with Gasteiger partial charge in [-0.3, -0.25) is 0 Å². The van der Waals surface area contributed by atoms with E-state index in [-0.39, 0.29) is 5.82 Å². The van der Waals surface area contributed by atoms with Crippen molar-refractivity contribution in [2.45, 2.75) is 25.9 Å². The summed E-state index contributed by atoms with van der Waals surface area (Å²) in [6.07, 6.45) is 1.10. The summed E-state index contributed by atoms with van der Waals surface area (Å²) in [5, 5.41) is 3.44. The summed E-state index contributed by atoms with van der Waals surface area (Å²) < 4.78 is 13.7. The highest BCUT2D eigenvalue weighted by Gasteiger charge is 2.05. The number of halogens is 2. The molecule has 96 valence electrons. The molecule has 0 aliphatic rings. The molecule has 0 heterocycles. The largest absolute Gasteiger partial charge is 0.310 e. The smallest absolute Gasteiger partial charge is 0.124 e. The van der Waals surface area contributed by atoms with E-state index in [0.717, 1.165) is 29.5 Å². The van der Waals surface area contributed by atoms with Crippen molar-refractivity contribution in [1.82, 2.24) is 10.2 Å². The van der Waals surface area contributed by atoms with E-state index in [2.05, 4.69) is 47.2 Å². The molecule has 0 saturated heterocycles. The molecule has 0 amide bonds. The van der Waals surface area contributed by atoms with Crippen LogP contribution in [0.25, 0.3) is 0 Å². The lowest BCUT2D eigenvalue weighted by Crippen LogP contribution is -2.29. The normalized spacial score (nSPS) is 13.1. The van der Waals surface area contributed by atoms with Gasteiger partial charge in [0, 0.05) is 17.1 Å². The first-order valence-corrected chi connectivity index (χ1v) is 6.60. The Bertz CT molecular complexity index is 355. The molecule has 17 heavy (non-hydrogen) atoms. The quantitative estimate of drug-likeness (QED) is 0.869. The minimum Gasteiger partial charge on any atom is -0.310 e. The molecule has 0 radical (unpaired) electrons. The minimum absolute atomic E-state index is 0.207. The monoisotopic (exact) mass is 302 g/mol. The molecule has 0 bridgehead atoms. The first kappa shape index (κ1) is 14.6. The molecule has 0 aliphatic carbocycles. The fraction of sp³-hybridized carbons (Fsp3) is 0.538. The molecule has 4 heteroatoms. The fourth-order valence-electron chi connectivity index (χ4n) is 1.50. The highest BCUT2D eigenvalue weighted by Crippen LogP contribution is 2.17. The summed E-state index contributed by atoms with van der Waals surface area (Å²) in [6.45, 7) is 4.00. The molecule has 0 aliphatic heterocycles. The van der Waals surface area contributed by atoms with E-state index >= 15 is 0 Å². The minimum atomic E-state index is -0.207. The Morgan fingerprint density at radius 3 is 2.71 bits per heavy atom. The van der Waals surface area contributed by atoms with Gasteiger partial charge in [-0.15, -0.1) is 0 Å². The van der Waals surface area contributed by atoms with Crippen molar-refractivity contribution in [2.75, 3.05) is 20.6 Å². The van der Waals surface area contributed by atoms with Crippen LogP contribution in [0.2, 0.25) is 0 Å². The van der Waals surface area contributed by atoms with Gasteiger partial charge in [-0.25, -0.2) is 4.39 Å². The Labute approximate surface area is 111 Å². The van der Waals surface area contributed by atoms with Crippen molar-refractivity contribution in [3.63, 3.8) is 0 Å². The lowest BCUT2D eigenvalue weighted by Gasteiger charge is -2.17. The molecule has 1 aromatic carbocycles. The summed E-state index contributed by atoms with van der Waals surface area (Å²) in [5.41, 5.74) is 1.09. The number of hydrogen-bond donors (Lipinski definition) is 1. The van der Waals surface area contributed by atoms with E-state index in [1.54, 1.807) is 0 Å². The van der Waals surface area contributed by atoms with Crippen LogP contribution in [-0.4, -0.2) is 31.6 Å². The third kappa shape index (κ3) is 5.61. The molecule has 1 rings (SSSR count). The lowest BCUT2D eigenvalue weighted by molar-refractivity contribution is 0.365. The molecule has 1 atom stereocenters. The highest BCUT2D eigenvalue weighted by atomic mass is 79.9. The Hall–Kier alpha value is -0.450. The van der Waals surface area contributed by atoms with Crippen molar-refractivity contribution < 1.29 is 4.39 Å². The second kappa shape index (κ2) is 7.09. The Kier molecular flexibility index (Phi) is 6.09. The van der Waals surface area contributed by atoms with Gasteiger partial charge in [-0.2, -0.15) is 0 Å². The Balaban J connectivity index is 2.39. The van der Waals surface area contributed by atoms with Crippen LogP contribution in [0, 0.1) is 5.82 Å². The second-order valence-corrected chi connectivity index (χ2v) is 5.46. The third-order valence-corrected chi connectivity index (χ3v) is 3.40. The maximum absolute atomic E-state index is 12.9. The van der Waals surface area contributed by atoms with E-state index in [4.69, 9.17) is 0 Å². The van der Waals surface area contributed by atoms with Gasteiger partial charge in [0.25, 0.3) is 0 Å². The van der Waals surface area contributed by atoms with Crippen LogP contribution in [0.15, 0.2) is 22.7 Å². The van der Waals surface area contributed by atoms with E-state index in [1.165, 1.54) is 12.1 Å². The average Bonchev–Trinajstić information content (AvgIpc) is 2.25. The van der Waals surface area contributed by atoms with Crippen LogP contribution < -0.4 is 5.32 Å². The molecular formula is C13H20BrFN2. The first-order valence-electron chi connectivity index (χ1n) is 5.81. The fourth-order valence-corrected chi connectivity index (χ4v) is 1.99. The third-order valence-electron chi connectivity index (χ3n) is 2.67. The van der Waals surface area contributed by atoms with Crippen LogP contribution in [0.3, 0.4) is 0 Å². The summed E-state index contributed by atoms with van der Waals surface area (Å²) in [4.78, 5) is 2.17. The van der Waals surface area contributed by atoms with Crippen LogP contribution in [0.1, 0.15) is 18.9 Å². The highest BCUT2D eigenvalue weighted by molar-refractivity contribution is 9.10. The molecule has 2 nitrogen and oxygen atoms in total. The molecule has 0 aromatic heterocycles. The SMILES string of the molecule is CC(CCN(C)C)NCc1ccc(F)cc1Br. The van der Waals surface area contributed by atoms with Gasteiger partial charge in [0.05, 0.1) is 0 Å². The number of rotatable bonds is 6. The predicted octanol–water partition coefficient (Wildman–Crippen LogP) is 3.02. The van der Waals surface area contributed by atoms with Crippen LogP contribution >= 0.6 is 15.9 Å². The molecule has 0 spiro atoms. The summed E-state index contributed by atoms with van der Waals surface area (Å²) in [6, 6.07) is 5.26. The van der Waals surface area contributed by atoms with E-state index in [9.17, 15) is 4.39 Å². The maximum Gasteiger partial charge on any atom is 0.124 e. The second-order valence-electron chi connectivity index (χ2n) is 4.61. The topological polar surface area (TPSA) is 15.3 Å². The van der Waals surface area contributed by atoms with Gasteiger partial charge in [-0.1, -0.05) is 22.0 Å². The van der Waals surface area contributed by atoms with Crippen LogP contribution in [0.5, 0.6) is 0 Å². The Morgan fingerprint density at radius 1 is 1.41 bits per heavy atom. The predicted molar refractivity (Wildman–Crippen MR) is 73.6 cm³/mol. The van der Waals surface area contributed by atoms with Crippen molar-refractivity contribution in [2.24, 2.45) is 0 Å². The summed E-state index contributed by atoms with van der Waals surface area (Å²) >= 11 is 3.37. The van der Waals surface area contributed by atoms with Crippen LogP contribution in [-0.2, 0) is 6.54 Å². The van der Waals surface area contributed by atoms with E-state index in [0.29, 0.717) is 6.04 Å². The van der Waals surface area contributed by atoms with Crippen molar-refractivity contribution in [3.05, 3.63) is 34.1 Å². The zero-order valence-electron chi connectivity index (χ0n) is 10.6. The number of benzene rings is 1. The van der Waals surface area contributed by atoms with Crippen molar-refractivity contribution in [3.8, 4) is 0 Å². The average molecular weight is 303 g/mol. The first-order chi connectivity index (χ1) is 7.99. The number of nitrogens with zero attached hydrogens (tertiary/aromatic N) is 1. The van der Waals surface area contributed by atoms with Crippen molar-refractivity contribution in [1.29, 1.82) is 0 Å². The molecule has 1 unspecified atom stereocenters. The number of nitrogens with one attached hydrogen (secondary N) is 1. The van der Waals surface area contributed by atoms with E-state index in [1.807, 2.05) is 6.07 Å². The number of hydrogen-bond acceptors (Lipinski definition) is 2. The zero-order valence-corrected chi connectivity index (χ0v) is 12.2. The zero-order chi connectivity index (χ0) is 12.8. The van der Waals surface area contributed by atoms with E-state index < -0.39 is 0 Å². The lowest BCUT2D eigenvalue weighted by atomic mass is 10.2. The molecule has 1 aromatic rings. The summed E-state index contributed by atoms with van der Waals surface area (Å²) in [7, 11) is 4.15. The maximum atomic E-state index is 12.9. The van der Waals surface area contributed by atoms with Gasteiger partial charge in [-0.05, 0) is 51.7 Å². The summed E-state index contributed by atoms with van der Waals surface area (Å²) in [5.74, 6) is -0.207. The Morgan fingerprint density at radius 2 is 2.12 bits per heavy atom. The van der Waals surface area contributed by atoms with Gasteiger partial charge in [0.15, 0.2) is 0 Å². The molecule has 0 saturated carbocycles. The van der Waals surface area contributed by atoms with Crippen LogP contribution in [0.4, 0.5) is 4.39 Å². The molecular weight excluding hydrogens is 283 g/mol. The molecule has 1 N–H and O–H groups in total. The molecule has 0 fully saturated rings. The van der Waals surface area contributed by atoms with Gasteiger partial charge in [0.2, 0.25) is 0 Å². The van der Waals surface area contributed by atoms with Gasteiger partial charge < -0.3 is 10.2 Å². The standard InChI is InChI=1S/C13H20BrFN2/c1-10(6-7-17(2)3)16-9-11-4-5-12(15)8-13(11)14/h4-5,8,10,16H,6-7,9H2,1-3H3.